The molecule has 9 heteroatoms. The van der Waals surface area contributed by atoms with Crippen LogP contribution in [0.5, 0.6) is 0 Å². The number of anilines is 1. The average Bonchev–Trinajstić information content (AvgIpc) is 3.24. The Morgan fingerprint density at radius 2 is 2.00 bits per heavy atom. The third kappa shape index (κ3) is 2.46. The van der Waals surface area contributed by atoms with Gasteiger partial charge in [0.15, 0.2) is 0 Å². The number of primary amides is 1. The number of fused-ring (bicyclic) bond motifs is 4. The number of amides is 4. The van der Waals surface area contributed by atoms with Crippen LogP contribution in [0.15, 0.2) is 24.3 Å². The number of nitrogens with one attached hydrogen (secondary N) is 2. The Morgan fingerprint density at radius 3 is 2.71 bits per heavy atom. The molecular formula is C19H22N4O5. The SMILES string of the molecule is COCCN1C(=O)[C@@H]2[C@H](CCC(N)=O)N[C@]3(C(=O)Nc4ccccc43)[C@@H]2C1=O. The Kier molecular flexibility index (Phi) is 4.43. The molecule has 2 fully saturated rings. The number of nitrogens with zero attached hydrogens (tertiary/aromatic N) is 1. The second-order valence-corrected chi connectivity index (χ2v) is 7.39. The van der Waals surface area contributed by atoms with Crippen molar-refractivity contribution in [2.75, 3.05) is 25.6 Å². The quantitative estimate of drug-likeness (QED) is 0.555. The largest absolute Gasteiger partial charge is 0.383 e. The minimum Gasteiger partial charge on any atom is -0.383 e. The van der Waals surface area contributed by atoms with Crippen LogP contribution in [0.3, 0.4) is 0 Å². The van der Waals surface area contributed by atoms with Crippen molar-refractivity contribution in [1.29, 1.82) is 0 Å². The van der Waals surface area contributed by atoms with Crippen molar-refractivity contribution in [1.82, 2.24) is 10.2 Å². The maximum Gasteiger partial charge on any atom is 0.250 e. The summed E-state index contributed by atoms with van der Waals surface area (Å²) in [7, 11) is 1.49. The van der Waals surface area contributed by atoms with E-state index in [2.05, 4.69) is 10.6 Å². The standard InChI is InChI=1S/C19H22N4O5/c1-28-9-8-23-16(25)14-12(6-7-13(20)24)22-19(15(14)17(23)26)10-4-2-3-5-11(10)21-18(19)27/h2-5,12,14-15,22H,6-9H2,1H3,(H2,20,24)(H,21,27)/t12-,14+,15-,19-/m0/s1. The number of carbonyl (C=O) groups excluding carboxylic acids is 4. The lowest BCUT2D eigenvalue weighted by atomic mass is 9.76. The van der Waals surface area contributed by atoms with Crippen LogP contribution in [0, 0.1) is 11.8 Å². The van der Waals surface area contributed by atoms with Crippen LogP contribution < -0.4 is 16.4 Å². The zero-order chi connectivity index (χ0) is 20.1. The monoisotopic (exact) mass is 386 g/mol. The molecule has 4 N–H and O–H groups in total. The lowest BCUT2D eigenvalue weighted by molar-refractivity contribution is -0.143. The Balaban J connectivity index is 1.79. The summed E-state index contributed by atoms with van der Waals surface area (Å²) in [4.78, 5) is 51.9. The molecule has 2 saturated heterocycles. The van der Waals surface area contributed by atoms with Gasteiger partial charge in [-0.3, -0.25) is 29.4 Å². The van der Waals surface area contributed by atoms with Gasteiger partial charge in [0.05, 0.1) is 25.0 Å². The van der Waals surface area contributed by atoms with Gasteiger partial charge >= 0.3 is 0 Å². The molecule has 9 nitrogen and oxygen atoms in total. The maximum absolute atomic E-state index is 13.2. The number of hydrogen-bond donors (Lipinski definition) is 3. The number of hydrogen-bond acceptors (Lipinski definition) is 6. The molecule has 3 aliphatic heterocycles. The molecule has 4 amide bonds. The first-order valence-corrected chi connectivity index (χ1v) is 9.23. The van der Waals surface area contributed by atoms with Gasteiger partial charge in [-0.15, -0.1) is 0 Å². The Morgan fingerprint density at radius 1 is 1.25 bits per heavy atom. The minimum atomic E-state index is -1.34. The topological polar surface area (TPSA) is 131 Å². The molecule has 0 saturated carbocycles. The molecule has 28 heavy (non-hydrogen) atoms. The van der Waals surface area contributed by atoms with E-state index in [0.717, 1.165) is 0 Å². The summed E-state index contributed by atoms with van der Waals surface area (Å²) in [5.74, 6) is -3.21. The van der Waals surface area contributed by atoms with Crippen molar-refractivity contribution in [3.05, 3.63) is 29.8 Å². The van der Waals surface area contributed by atoms with E-state index in [-0.39, 0.29) is 37.8 Å². The van der Waals surface area contributed by atoms with E-state index < -0.39 is 35.2 Å². The molecule has 0 unspecified atom stereocenters. The van der Waals surface area contributed by atoms with Crippen LogP contribution in [0.4, 0.5) is 5.69 Å². The fourth-order valence-electron chi connectivity index (χ4n) is 4.77. The summed E-state index contributed by atoms with van der Waals surface area (Å²) < 4.78 is 5.02. The first kappa shape index (κ1) is 18.6. The van der Waals surface area contributed by atoms with Crippen molar-refractivity contribution in [2.24, 2.45) is 17.6 Å². The van der Waals surface area contributed by atoms with E-state index in [0.29, 0.717) is 11.3 Å². The van der Waals surface area contributed by atoms with E-state index in [1.165, 1.54) is 12.0 Å². The van der Waals surface area contributed by atoms with E-state index in [4.69, 9.17) is 10.5 Å². The van der Waals surface area contributed by atoms with Gasteiger partial charge in [0.2, 0.25) is 23.6 Å². The predicted octanol–water partition coefficient (Wildman–Crippen LogP) is -0.681. The summed E-state index contributed by atoms with van der Waals surface area (Å²) in [6.07, 6.45) is 0.324. The highest BCUT2D eigenvalue weighted by molar-refractivity contribution is 6.15. The highest BCUT2D eigenvalue weighted by Crippen LogP contribution is 2.53. The first-order valence-electron chi connectivity index (χ1n) is 9.23. The number of ether oxygens (including phenoxy) is 1. The highest BCUT2D eigenvalue weighted by Gasteiger charge is 2.70. The Labute approximate surface area is 161 Å². The van der Waals surface area contributed by atoms with E-state index >= 15 is 0 Å². The number of benzene rings is 1. The third-order valence-corrected chi connectivity index (χ3v) is 5.93. The van der Waals surface area contributed by atoms with Crippen molar-refractivity contribution >= 4 is 29.3 Å². The normalized spacial score (nSPS) is 30.7. The number of imide groups is 1. The lowest BCUT2D eigenvalue weighted by Gasteiger charge is -2.29. The highest BCUT2D eigenvalue weighted by atomic mass is 16.5. The summed E-state index contributed by atoms with van der Waals surface area (Å²) >= 11 is 0. The fourth-order valence-corrected chi connectivity index (χ4v) is 4.77. The molecule has 0 radical (unpaired) electrons. The first-order chi connectivity index (χ1) is 13.4. The molecule has 3 aliphatic rings. The van der Waals surface area contributed by atoms with Gasteiger partial charge in [0.1, 0.15) is 5.54 Å². The van der Waals surface area contributed by atoms with E-state index in [1.807, 2.05) is 0 Å². The van der Waals surface area contributed by atoms with Gasteiger partial charge in [0.25, 0.3) is 0 Å². The van der Waals surface area contributed by atoms with Crippen LogP contribution in [-0.4, -0.2) is 54.8 Å². The van der Waals surface area contributed by atoms with E-state index in [9.17, 15) is 19.2 Å². The Hall–Kier alpha value is -2.78. The van der Waals surface area contributed by atoms with Crippen molar-refractivity contribution in [2.45, 2.75) is 24.4 Å². The van der Waals surface area contributed by atoms with Crippen LogP contribution in [0.1, 0.15) is 18.4 Å². The van der Waals surface area contributed by atoms with E-state index in [1.54, 1.807) is 24.3 Å². The maximum atomic E-state index is 13.2. The lowest BCUT2D eigenvalue weighted by Crippen LogP contribution is -2.53. The van der Waals surface area contributed by atoms with Gasteiger partial charge < -0.3 is 15.8 Å². The van der Waals surface area contributed by atoms with Crippen molar-refractivity contribution in [3.8, 4) is 0 Å². The molecule has 4 rings (SSSR count). The molecule has 148 valence electrons. The molecule has 0 aliphatic carbocycles. The second-order valence-electron chi connectivity index (χ2n) is 7.39. The summed E-state index contributed by atoms with van der Waals surface area (Å²) in [6, 6.07) is 6.61. The molecule has 0 bridgehead atoms. The number of methoxy groups -OCH3 is 1. The zero-order valence-corrected chi connectivity index (χ0v) is 15.4. The number of rotatable bonds is 6. The summed E-state index contributed by atoms with van der Waals surface area (Å²) in [5, 5.41) is 6.07. The van der Waals surface area contributed by atoms with Crippen LogP contribution >= 0.6 is 0 Å². The smallest absolute Gasteiger partial charge is 0.250 e. The minimum absolute atomic E-state index is 0.0553. The van der Waals surface area contributed by atoms with Crippen LogP contribution in [-0.2, 0) is 29.5 Å². The van der Waals surface area contributed by atoms with Gasteiger partial charge in [-0.1, -0.05) is 18.2 Å². The molecule has 4 atom stereocenters. The summed E-state index contributed by atoms with van der Waals surface area (Å²) in [5.41, 5.74) is 5.21. The molecule has 1 aromatic carbocycles. The van der Waals surface area contributed by atoms with Crippen molar-refractivity contribution in [3.63, 3.8) is 0 Å². The molecule has 1 aromatic rings. The summed E-state index contributed by atoms with van der Waals surface area (Å²) in [6.45, 7) is 0.342. The number of nitrogens with two attached hydrogens (primary N) is 1. The average molecular weight is 386 g/mol. The number of para-hydroxylation sites is 1. The number of carbonyl (C=O) groups is 4. The molecule has 0 aromatic heterocycles. The van der Waals surface area contributed by atoms with Gasteiger partial charge in [-0.05, 0) is 12.5 Å². The fraction of sp³-hybridized carbons (Fsp3) is 0.474. The molecule has 1 spiro atoms. The van der Waals surface area contributed by atoms with Crippen LogP contribution in [0.2, 0.25) is 0 Å². The van der Waals surface area contributed by atoms with Gasteiger partial charge in [0, 0.05) is 30.8 Å². The van der Waals surface area contributed by atoms with Gasteiger partial charge in [-0.2, -0.15) is 0 Å². The third-order valence-electron chi connectivity index (χ3n) is 5.93. The van der Waals surface area contributed by atoms with Crippen LogP contribution in [0.25, 0.3) is 0 Å². The predicted molar refractivity (Wildman–Crippen MR) is 97.7 cm³/mol. The zero-order valence-electron chi connectivity index (χ0n) is 15.4. The number of likely N-dealkylation sites (tertiary alicyclic amines) is 1. The second kappa shape index (κ2) is 6.68. The van der Waals surface area contributed by atoms with Crippen molar-refractivity contribution < 1.29 is 23.9 Å². The molecular weight excluding hydrogens is 364 g/mol. The molecule has 3 heterocycles. The van der Waals surface area contributed by atoms with Gasteiger partial charge in [-0.25, -0.2) is 0 Å². The Bertz CT molecular complexity index is 872.